The summed E-state index contributed by atoms with van der Waals surface area (Å²) in [6.45, 7) is 6.00. The third kappa shape index (κ3) is 6.89. The van der Waals surface area contributed by atoms with Crippen LogP contribution < -0.4 is 10.3 Å². The Morgan fingerprint density at radius 3 is 2.70 bits per heavy atom. The Labute approximate surface area is 224 Å². The Kier molecular flexibility index (Phi) is 8.39. The van der Waals surface area contributed by atoms with Crippen LogP contribution in [-0.4, -0.2) is 52.6 Å². The van der Waals surface area contributed by atoms with E-state index in [-0.39, 0.29) is 12.2 Å². The molecular weight excluding hydrogens is 484 g/mol. The van der Waals surface area contributed by atoms with Gasteiger partial charge in [-0.25, -0.2) is 0 Å². The van der Waals surface area contributed by atoms with Gasteiger partial charge in [0.15, 0.2) is 0 Å². The number of halogens is 1. The van der Waals surface area contributed by atoms with E-state index in [2.05, 4.69) is 46.1 Å². The fourth-order valence-corrected chi connectivity index (χ4v) is 5.25. The van der Waals surface area contributed by atoms with Gasteiger partial charge in [0, 0.05) is 43.8 Å². The fraction of sp³-hybridized carbons (Fsp3) is 0.400. The summed E-state index contributed by atoms with van der Waals surface area (Å²) in [4.78, 5) is 22.1. The third-order valence-corrected chi connectivity index (χ3v) is 7.48. The van der Waals surface area contributed by atoms with Crippen LogP contribution >= 0.6 is 11.6 Å². The minimum absolute atomic E-state index is 0.0942. The molecule has 2 aromatic heterocycles. The van der Waals surface area contributed by atoms with E-state index in [0.717, 1.165) is 43.9 Å². The number of likely N-dealkylation sites (N-methyl/N-ethyl adjacent to an activating group) is 1. The van der Waals surface area contributed by atoms with E-state index in [9.17, 15) is 4.79 Å². The van der Waals surface area contributed by atoms with Crippen LogP contribution in [0.2, 0.25) is 5.02 Å². The van der Waals surface area contributed by atoms with Gasteiger partial charge in [0.05, 0.1) is 10.7 Å². The number of aryl methyl sites for hydroxylation is 1. The first kappa shape index (κ1) is 25.7. The Balaban J connectivity index is 1.19. The van der Waals surface area contributed by atoms with Crippen molar-refractivity contribution in [2.75, 3.05) is 33.2 Å². The van der Waals surface area contributed by atoms with Crippen LogP contribution in [0.25, 0.3) is 11.8 Å². The first-order chi connectivity index (χ1) is 18.0. The largest absolute Gasteiger partial charge is 0.487 e. The van der Waals surface area contributed by atoms with E-state index in [0.29, 0.717) is 10.8 Å². The van der Waals surface area contributed by atoms with Gasteiger partial charge in [-0.15, -0.1) is 0 Å². The number of rotatable bonds is 9. The molecule has 5 rings (SSSR count). The summed E-state index contributed by atoms with van der Waals surface area (Å²) in [6, 6.07) is 13.7. The van der Waals surface area contributed by atoms with Crippen molar-refractivity contribution in [3.05, 3.63) is 92.6 Å². The minimum Gasteiger partial charge on any atom is -0.487 e. The topological polar surface area (TPSA) is 50.6 Å². The van der Waals surface area contributed by atoms with Crippen LogP contribution in [0.15, 0.2) is 59.7 Å². The zero-order valence-electron chi connectivity index (χ0n) is 21.5. The second-order valence-electron chi connectivity index (χ2n) is 10.1. The van der Waals surface area contributed by atoms with E-state index >= 15 is 0 Å². The highest BCUT2D eigenvalue weighted by Gasteiger charge is 2.15. The molecule has 0 atom stereocenters. The maximum atomic E-state index is 12.9. The van der Waals surface area contributed by atoms with Crippen molar-refractivity contribution in [2.45, 2.75) is 45.3 Å². The number of ether oxygens (including phenoxy) is 1. The number of nitrogens with zero attached hydrogens (tertiary/aromatic N) is 4. The van der Waals surface area contributed by atoms with Crippen LogP contribution in [0.1, 0.15) is 48.1 Å². The SMILES string of the molecule is CN(CCN1CCCCC1)Cc1ccc2c(c1)CCC(n1ccc(OCc3ccc(Cl)cn3)cc1=O)=C2. The van der Waals surface area contributed by atoms with Gasteiger partial charge in [0.1, 0.15) is 12.4 Å². The summed E-state index contributed by atoms with van der Waals surface area (Å²) in [5, 5.41) is 0.584. The first-order valence-electron chi connectivity index (χ1n) is 13.2. The van der Waals surface area contributed by atoms with Crippen LogP contribution in [0.5, 0.6) is 5.75 Å². The molecule has 0 saturated carbocycles. The highest BCUT2D eigenvalue weighted by Crippen LogP contribution is 2.27. The van der Waals surface area contributed by atoms with Gasteiger partial charge in [-0.3, -0.25) is 14.3 Å². The van der Waals surface area contributed by atoms with Crippen LogP contribution in [0, 0.1) is 0 Å². The highest BCUT2D eigenvalue weighted by atomic mass is 35.5. The molecule has 3 heterocycles. The van der Waals surface area contributed by atoms with Crippen molar-refractivity contribution in [3.8, 4) is 5.75 Å². The Morgan fingerprint density at radius 2 is 1.92 bits per heavy atom. The lowest BCUT2D eigenvalue weighted by Gasteiger charge is -2.28. The molecule has 0 bridgehead atoms. The lowest BCUT2D eigenvalue weighted by molar-refractivity contribution is 0.194. The molecule has 6 nitrogen and oxygen atoms in total. The standard InChI is InChI=1S/C30H35ClN4O2/c1-33(15-16-34-12-3-2-4-13-34)21-23-5-6-25-18-28(10-7-24(25)17-23)35-14-11-29(19-30(35)36)37-22-27-9-8-26(31)20-32-27/h5-6,8-9,11,14,17-20H,2-4,7,10,12-13,15-16,21-22H2,1H3. The molecule has 0 N–H and O–H groups in total. The smallest absolute Gasteiger partial charge is 0.258 e. The second kappa shape index (κ2) is 12.1. The molecule has 1 aromatic carbocycles. The summed E-state index contributed by atoms with van der Waals surface area (Å²) in [5.41, 5.74) is 5.58. The van der Waals surface area contributed by atoms with Gasteiger partial charge < -0.3 is 14.5 Å². The zero-order chi connectivity index (χ0) is 25.6. The second-order valence-corrected chi connectivity index (χ2v) is 10.6. The Bertz CT molecular complexity index is 1300. The summed E-state index contributed by atoms with van der Waals surface area (Å²) >= 11 is 5.88. The fourth-order valence-electron chi connectivity index (χ4n) is 5.14. The molecule has 1 saturated heterocycles. The summed E-state index contributed by atoms with van der Waals surface area (Å²) < 4.78 is 7.48. The molecule has 2 aliphatic rings. The lowest BCUT2D eigenvalue weighted by Crippen LogP contribution is -2.36. The van der Waals surface area contributed by atoms with E-state index in [1.807, 2.05) is 12.1 Å². The number of likely N-dealkylation sites (tertiary alicyclic amines) is 1. The predicted octanol–water partition coefficient (Wildman–Crippen LogP) is 5.34. The Hall–Kier alpha value is -2.93. The van der Waals surface area contributed by atoms with Crippen molar-refractivity contribution < 1.29 is 4.74 Å². The molecule has 194 valence electrons. The molecular formula is C30H35ClN4O2. The molecule has 1 aliphatic carbocycles. The average molecular weight is 519 g/mol. The molecule has 1 fully saturated rings. The van der Waals surface area contributed by atoms with Gasteiger partial charge in [0.2, 0.25) is 0 Å². The lowest BCUT2D eigenvalue weighted by atomic mass is 9.93. The molecule has 0 radical (unpaired) electrons. The third-order valence-electron chi connectivity index (χ3n) is 7.25. The van der Waals surface area contributed by atoms with Gasteiger partial charge in [-0.1, -0.05) is 36.2 Å². The molecule has 7 heteroatoms. The van der Waals surface area contributed by atoms with E-state index in [4.69, 9.17) is 16.3 Å². The average Bonchev–Trinajstić information content (AvgIpc) is 2.92. The number of pyridine rings is 2. The van der Waals surface area contributed by atoms with Crippen LogP contribution in [0.4, 0.5) is 0 Å². The highest BCUT2D eigenvalue weighted by molar-refractivity contribution is 6.30. The molecule has 37 heavy (non-hydrogen) atoms. The number of piperidine rings is 1. The summed E-state index contributed by atoms with van der Waals surface area (Å²) in [6.07, 6.45) is 11.4. The predicted molar refractivity (Wildman–Crippen MR) is 150 cm³/mol. The molecule has 0 unspecified atom stereocenters. The van der Waals surface area contributed by atoms with Crippen molar-refractivity contribution in [3.63, 3.8) is 0 Å². The molecule has 0 amide bonds. The number of aromatic nitrogens is 2. The van der Waals surface area contributed by atoms with Crippen molar-refractivity contribution in [1.82, 2.24) is 19.4 Å². The monoisotopic (exact) mass is 518 g/mol. The normalized spacial score (nSPS) is 15.9. The number of allylic oxidation sites excluding steroid dienone is 1. The van der Waals surface area contributed by atoms with E-state index < -0.39 is 0 Å². The van der Waals surface area contributed by atoms with Gasteiger partial charge in [-0.05, 0) is 86.8 Å². The van der Waals surface area contributed by atoms with Gasteiger partial charge in [0.25, 0.3) is 5.56 Å². The van der Waals surface area contributed by atoms with E-state index in [1.54, 1.807) is 23.0 Å². The van der Waals surface area contributed by atoms with Crippen molar-refractivity contribution >= 4 is 23.4 Å². The maximum absolute atomic E-state index is 12.9. The Morgan fingerprint density at radius 1 is 1.05 bits per heavy atom. The summed E-state index contributed by atoms with van der Waals surface area (Å²) in [7, 11) is 2.22. The van der Waals surface area contributed by atoms with Crippen molar-refractivity contribution in [2.24, 2.45) is 0 Å². The number of fused-ring (bicyclic) bond motifs is 1. The zero-order valence-corrected chi connectivity index (χ0v) is 22.3. The van der Waals surface area contributed by atoms with E-state index in [1.165, 1.54) is 55.1 Å². The summed E-state index contributed by atoms with van der Waals surface area (Å²) in [5.74, 6) is 0.531. The number of hydrogen-bond acceptors (Lipinski definition) is 5. The molecule has 3 aromatic rings. The molecule has 1 aliphatic heterocycles. The van der Waals surface area contributed by atoms with Crippen LogP contribution in [-0.2, 0) is 19.6 Å². The maximum Gasteiger partial charge on any atom is 0.258 e. The van der Waals surface area contributed by atoms with Gasteiger partial charge in [-0.2, -0.15) is 0 Å². The molecule has 0 spiro atoms. The minimum atomic E-state index is -0.0942. The quantitative estimate of drug-likeness (QED) is 0.383. The van der Waals surface area contributed by atoms with Crippen LogP contribution in [0.3, 0.4) is 0 Å². The number of benzene rings is 1. The van der Waals surface area contributed by atoms with Gasteiger partial charge >= 0.3 is 0 Å². The van der Waals surface area contributed by atoms with Crippen molar-refractivity contribution in [1.29, 1.82) is 0 Å². The first-order valence-corrected chi connectivity index (χ1v) is 13.6. The number of hydrogen-bond donors (Lipinski definition) is 0.